The van der Waals surface area contributed by atoms with Crippen LogP contribution < -0.4 is 10.6 Å². The first-order valence-corrected chi connectivity index (χ1v) is 12.3. The van der Waals surface area contributed by atoms with Crippen LogP contribution in [-0.2, 0) is 14.3 Å². The summed E-state index contributed by atoms with van der Waals surface area (Å²) in [6.45, 7) is 7.97. The standard InChI is InChI=1S/C28H36N2O5/c1-5-6-15-23(26(32)33)29-25(31)24(16-28(2,3)4)30-27(34)35-17-22-20-13-9-7-11-18(20)19-12-8-10-14-21(19)22/h7-14,22-24H,5-6,15-17H2,1-4H3,(H,29,31)(H,30,34)(H,32,33). The Morgan fingerprint density at radius 2 is 1.51 bits per heavy atom. The number of nitrogens with one attached hydrogen (secondary N) is 2. The third-order valence-corrected chi connectivity index (χ3v) is 6.23. The Hall–Kier alpha value is -3.35. The lowest BCUT2D eigenvalue weighted by Crippen LogP contribution is -2.52. The lowest BCUT2D eigenvalue weighted by Gasteiger charge is -2.27. The number of aliphatic carboxylic acids is 1. The van der Waals surface area contributed by atoms with E-state index in [0.29, 0.717) is 19.3 Å². The molecule has 7 heteroatoms. The van der Waals surface area contributed by atoms with E-state index in [1.807, 2.05) is 64.1 Å². The van der Waals surface area contributed by atoms with Crippen LogP contribution in [-0.4, -0.2) is 41.8 Å². The third-order valence-electron chi connectivity index (χ3n) is 6.23. The van der Waals surface area contributed by atoms with Crippen molar-refractivity contribution in [2.45, 2.75) is 71.4 Å². The van der Waals surface area contributed by atoms with Crippen LogP contribution in [0.2, 0.25) is 0 Å². The maximum Gasteiger partial charge on any atom is 0.407 e. The van der Waals surface area contributed by atoms with Gasteiger partial charge in [0.25, 0.3) is 0 Å². The van der Waals surface area contributed by atoms with Gasteiger partial charge < -0.3 is 20.5 Å². The summed E-state index contributed by atoms with van der Waals surface area (Å²) in [4.78, 5) is 37.4. The number of hydrogen-bond acceptors (Lipinski definition) is 4. The highest BCUT2D eigenvalue weighted by Gasteiger charge is 2.32. The normalized spacial score (nSPS) is 14.4. The molecule has 3 rings (SSSR count). The quantitative estimate of drug-likeness (QED) is 0.439. The summed E-state index contributed by atoms with van der Waals surface area (Å²) < 4.78 is 5.61. The number of carboxylic acid groups (broad SMARTS) is 1. The summed E-state index contributed by atoms with van der Waals surface area (Å²) in [6, 6.07) is 14.2. The fraction of sp³-hybridized carbons (Fsp3) is 0.464. The van der Waals surface area contributed by atoms with E-state index in [2.05, 4.69) is 22.8 Å². The first-order valence-electron chi connectivity index (χ1n) is 12.3. The number of carboxylic acids is 1. The van der Waals surface area contributed by atoms with Crippen molar-refractivity contribution in [1.82, 2.24) is 10.6 Å². The largest absolute Gasteiger partial charge is 0.480 e. The van der Waals surface area contributed by atoms with E-state index in [-0.39, 0.29) is 17.9 Å². The van der Waals surface area contributed by atoms with Crippen molar-refractivity contribution in [1.29, 1.82) is 0 Å². The molecule has 1 aliphatic carbocycles. The summed E-state index contributed by atoms with van der Waals surface area (Å²) in [6.07, 6.45) is 1.48. The van der Waals surface area contributed by atoms with Crippen LogP contribution in [0.5, 0.6) is 0 Å². The molecule has 7 nitrogen and oxygen atoms in total. The number of rotatable bonds is 10. The molecule has 0 bridgehead atoms. The van der Waals surface area contributed by atoms with E-state index >= 15 is 0 Å². The predicted octanol–water partition coefficient (Wildman–Crippen LogP) is 5.09. The molecule has 0 aliphatic heterocycles. The molecular formula is C28H36N2O5. The van der Waals surface area contributed by atoms with Gasteiger partial charge in [0.15, 0.2) is 0 Å². The maximum absolute atomic E-state index is 13.0. The van der Waals surface area contributed by atoms with E-state index in [1.54, 1.807) is 0 Å². The summed E-state index contributed by atoms with van der Waals surface area (Å²) >= 11 is 0. The van der Waals surface area contributed by atoms with Crippen LogP contribution in [0.3, 0.4) is 0 Å². The van der Waals surface area contributed by atoms with Crippen molar-refractivity contribution >= 4 is 18.0 Å². The van der Waals surface area contributed by atoms with Crippen molar-refractivity contribution in [2.24, 2.45) is 5.41 Å². The summed E-state index contributed by atoms with van der Waals surface area (Å²) in [5.41, 5.74) is 4.19. The van der Waals surface area contributed by atoms with Crippen LogP contribution in [0.15, 0.2) is 48.5 Å². The number of benzene rings is 2. The minimum atomic E-state index is -1.08. The second-order valence-corrected chi connectivity index (χ2v) is 10.3. The van der Waals surface area contributed by atoms with Gasteiger partial charge in [-0.05, 0) is 40.5 Å². The van der Waals surface area contributed by atoms with Crippen LogP contribution in [0.4, 0.5) is 4.79 Å². The third kappa shape index (κ3) is 6.84. The summed E-state index contributed by atoms with van der Waals surface area (Å²) in [5.74, 6) is -1.69. The molecule has 1 aliphatic rings. The number of hydrogen-bond donors (Lipinski definition) is 3. The molecule has 0 radical (unpaired) electrons. The van der Waals surface area contributed by atoms with Gasteiger partial charge >= 0.3 is 12.1 Å². The summed E-state index contributed by atoms with van der Waals surface area (Å²) in [5, 5.41) is 14.8. The van der Waals surface area contributed by atoms with Crippen molar-refractivity contribution in [3.8, 4) is 11.1 Å². The highest BCUT2D eigenvalue weighted by molar-refractivity contribution is 5.89. The Balaban J connectivity index is 1.68. The van der Waals surface area contributed by atoms with Crippen molar-refractivity contribution < 1.29 is 24.2 Å². The lowest BCUT2D eigenvalue weighted by molar-refractivity contribution is -0.142. The zero-order chi connectivity index (χ0) is 25.6. The molecule has 188 valence electrons. The number of ether oxygens (including phenoxy) is 1. The van der Waals surface area contributed by atoms with E-state index in [0.717, 1.165) is 28.7 Å². The van der Waals surface area contributed by atoms with E-state index in [1.165, 1.54) is 0 Å². The average Bonchev–Trinajstić information content (AvgIpc) is 3.12. The lowest BCUT2D eigenvalue weighted by atomic mass is 9.87. The van der Waals surface area contributed by atoms with E-state index in [4.69, 9.17) is 4.74 Å². The van der Waals surface area contributed by atoms with Crippen LogP contribution in [0.25, 0.3) is 11.1 Å². The SMILES string of the molecule is CCCCC(NC(=O)C(CC(C)(C)C)NC(=O)OCC1c2ccccc2-c2ccccc21)C(=O)O. The molecule has 0 saturated carbocycles. The molecule has 2 aromatic carbocycles. The van der Waals surface area contributed by atoms with E-state index < -0.39 is 30.1 Å². The monoisotopic (exact) mass is 480 g/mol. The van der Waals surface area contributed by atoms with Gasteiger partial charge in [0.05, 0.1) is 0 Å². The minimum absolute atomic E-state index is 0.0894. The molecule has 2 aromatic rings. The first kappa shape index (κ1) is 26.3. The second-order valence-electron chi connectivity index (χ2n) is 10.3. The van der Waals surface area contributed by atoms with Gasteiger partial charge in [0.2, 0.25) is 5.91 Å². The van der Waals surface area contributed by atoms with E-state index in [9.17, 15) is 19.5 Å². The van der Waals surface area contributed by atoms with Crippen LogP contribution in [0.1, 0.15) is 70.4 Å². The Morgan fingerprint density at radius 3 is 2.03 bits per heavy atom. The predicted molar refractivity (Wildman–Crippen MR) is 135 cm³/mol. The molecule has 3 N–H and O–H groups in total. The number of unbranched alkanes of at least 4 members (excludes halogenated alkanes) is 1. The Kier molecular flexibility index (Phi) is 8.54. The number of carbonyl (C=O) groups is 3. The van der Waals surface area contributed by atoms with Crippen molar-refractivity contribution in [3.63, 3.8) is 0 Å². The fourth-order valence-electron chi connectivity index (χ4n) is 4.54. The Bertz CT molecular complexity index is 1010. The molecule has 0 heterocycles. The van der Waals surface area contributed by atoms with Gasteiger partial charge in [-0.3, -0.25) is 4.79 Å². The summed E-state index contributed by atoms with van der Waals surface area (Å²) in [7, 11) is 0. The van der Waals surface area contributed by atoms with Crippen molar-refractivity contribution in [3.05, 3.63) is 59.7 Å². The number of carbonyl (C=O) groups excluding carboxylic acids is 2. The molecule has 0 fully saturated rings. The Labute approximate surface area is 207 Å². The van der Waals surface area contributed by atoms with Gasteiger partial charge in [0.1, 0.15) is 18.7 Å². The zero-order valence-corrected chi connectivity index (χ0v) is 21.0. The zero-order valence-electron chi connectivity index (χ0n) is 21.0. The average molecular weight is 481 g/mol. The molecule has 0 aromatic heterocycles. The van der Waals surface area contributed by atoms with Crippen LogP contribution >= 0.6 is 0 Å². The molecular weight excluding hydrogens is 444 g/mol. The minimum Gasteiger partial charge on any atom is -0.480 e. The Morgan fingerprint density at radius 1 is 0.943 bits per heavy atom. The highest BCUT2D eigenvalue weighted by Crippen LogP contribution is 2.44. The highest BCUT2D eigenvalue weighted by atomic mass is 16.5. The fourth-order valence-corrected chi connectivity index (χ4v) is 4.54. The van der Waals surface area contributed by atoms with Gasteiger partial charge in [0, 0.05) is 5.92 Å². The second kappa shape index (κ2) is 11.4. The van der Waals surface area contributed by atoms with Crippen molar-refractivity contribution in [2.75, 3.05) is 6.61 Å². The molecule has 0 spiro atoms. The van der Waals surface area contributed by atoms with Gasteiger partial charge in [-0.2, -0.15) is 0 Å². The van der Waals surface area contributed by atoms with Gasteiger partial charge in [-0.15, -0.1) is 0 Å². The molecule has 2 amide bonds. The molecule has 0 saturated heterocycles. The molecule has 35 heavy (non-hydrogen) atoms. The smallest absolute Gasteiger partial charge is 0.407 e. The molecule has 2 unspecified atom stereocenters. The van der Waals surface area contributed by atoms with Gasteiger partial charge in [-0.25, -0.2) is 9.59 Å². The molecule has 2 atom stereocenters. The number of fused-ring (bicyclic) bond motifs is 3. The number of amides is 2. The number of alkyl carbamates (subject to hydrolysis) is 1. The first-order chi connectivity index (χ1) is 16.6. The maximum atomic E-state index is 13.0. The van der Waals surface area contributed by atoms with Gasteiger partial charge in [-0.1, -0.05) is 89.1 Å². The van der Waals surface area contributed by atoms with Crippen LogP contribution in [0, 0.1) is 5.41 Å². The topological polar surface area (TPSA) is 105 Å².